The van der Waals surface area contributed by atoms with Crippen molar-refractivity contribution in [3.05, 3.63) is 107 Å². The number of benzene rings is 2. The number of esters is 1. The third kappa shape index (κ3) is 4.82. The second kappa shape index (κ2) is 9.91. The van der Waals surface area contributed by atoms with E-state index in [0.717, 1.165) is 5.56 Å². The van der Waals surface area contributed by atoms with E-state index in [-0.39, 0.29) is 11.1 Å². The molecule has 0 N–H and O–H groups in total. The molecule has 166 valence electrons. The van der Waals surface area contributed by atoms with Gasteiger partial charge in [0.15, 0.2) is 0 Å². The van der Waals surface area contributed by atoms with Crippen molar-refractivity contribution in [2.24, 2.45) is 4.99 Å². The molecule has 0 aliphatic carbocycles. The number of rotatable bonds is 7. The zero-order valence-electron chi connectivity index (χ0n) is 18.5. The zero-order valence-corrected chi connectivity index (χ0v) is 18.5. The van der Waals surface area contributed by atoms with Gasteiger partial charge >= 0.3 is 5.97 Å². The Balaban J connectivity index is 1.91. The molecule has 7 nitrogen and oxygen atoms in total. The van der Waals surface area contributed by atoms with Crippen LogP contribution in [0.25, 0.3) is 5.65 Å². The molecule has 2 aromatic carbocycles. The maximum atomic E-state index is 13.5. The highest BCUT2D eigenvalue weighted by atomic mass is 16.5. The summed E-state index contributed by atoms with van der Waals surface area (Å²) >= 11 is 0. The molecule has 0 spiro atoms. The Labute approximate surface area is 191 Å². The van der Waals surface area contributed by atoms with Crippen molar-refractivity contribution in [1.29, 1.82) is 0 Å². The number of ether oxygens (including phenoxy) is 1. The minimum atomic E-state index is -0.683. The number of aliphatic imine (C=N–C) groups is 1. The lowest BCUT2D eigenvalue weighted by atomic mass is 10.1. The van der Waals surface area contributed by atoms with Gasteiger partial charge in [-0.3, -0.25) is 14.2 Å². The number of methoxy groups -OCH3 is 1. The smallest absolute Gasteiger partial charge is 0.328 e. The summed E-state index contributed by atoms with van der Waals surface area (Å²) in [4.78, 5) is 37.1. The molecule has 2 aromatic heterocycles. The summed E-state index contributed by atoms with van der Waals surface area (Å²) < 4.78 is 6.49. The number of hydrogen-bond acceptors (Lipinski definition) is 6. The first-order chi connectivity index (χ1) is 16.1. The Morgan fingerprint density at radius 2 is 1.73 bits per heavy atom. The molecule has 0 saturated heterocycles. The predicted molar refractivity (Wildman–Crippen MR) is 129 cm³/mol. The first-order valence-electron chi connectivity index (χ1n) is 10.6. The van der Waals surface area contributed by atoms with Crippen LogP contribution in [0.1, 0.15) is 18.1 Å². The minimum Gasteiger partial charge on any atom is -0.467 e. The van der Waals surface area contributed by atoms with Gasteiger partial charge in [0.25, 0.3) is 5.56 Å². The van der Waals surface area contributed by atoms with Gasteiger partial charge in [-0.2, -0.15) is 0 Å². The Morgan fingerprint density at radius 3 is 2.42 bits per heavy atom. The van der Waals surface area contributed by atoms with Crippen LogP contribution >= 0.6 is 0 Å². The van der Waals surface area contributed by atoms with Crippen LogP contribution in [0.2, 0.25) is 0 Å². The van der Waals surface area contributed by atoms with Gasteiger partial charge in [0.2, 0.25) is 0 Å². The average Bonchev–Trinajstić information content (AvgIpc) is 2.87. The van der Waals surface area contributed by atoms with Crippen molar-refractivity contribution >= 4 is 29.3 Å². The van der Waals surface area contributed by atoms with Crippen molar-refractivity contribution in [2.45, 2.75) is 19.5 Å². The first kappa shape index (κ1) is 22.0. The van der Waals surface area contributed by atoms with Crippen LogP contribution in [0, 0.1) is 0 Å². The van der Waals surface area contributed by atoms with Crippen LogP contribution < -0.4 is 10.5 Å². The van der Waals surface area contributed by atoms with E-state index in [2.05, 4.69) is 4.99 Å². The van der Waals surface area contributed by atoms with E-state index in [9.17, 15) is 9.59 Å². The van der Waals surface area contributed by atoms with Crippen LogP contribution in [-0.2, 0) is 16.1 Å². The number of hydrogen-bond donors (Lipinski definition) is 0. The van der Waals surface area contributed by atoms with Crippen LogP contribution in [0.4, 0.5) is 11.5 Å². The number of para-hydroxylation sites is 1. The maximum absolute atomic E-state index is 13.5. The van der Waals surface area contributed by atoms with Gasteiger partial charge in [0.1, 0.15) is 23.1 Å². The molecule has 33 heavy (non-hydrogen) atoms. The third-order valence-corrected chi connectivity index (χ3v) is 5.33. The van der Waals surface area contributed by atoms with Crippen molar-refractivity contribution in [3.63, 3.8) is 0 Å². The van der Waals surface area contributed by atoms with Crippen molar-refractivity contribution in [3.8, 4) is 0 Å². The minimum absolute atomic E-state index is 0.273. The lowest BCUT2D eigenvalue weighted by Gasteiger charge is -2.29. The molecule has 0 aliphatic heterocycles. The van der Waals surface area contributed by atoms with E-state index in [4.69, 9.17) is 9.72 Å². The lowest BCUT2D eigenvalue weighted by molar-refractivity contribution is -0.141. The van der Waals surface area contributed by atoms with E-state index < -0.39 is 12.0 Å². The summed E-state index contributed by atoms with van der Waals surface area (Å²) in [5, 5.41) is 0. The molecule has 4 rings (SSSR count). The van der Waals surface area contributed by atoms with Crippen molar-refractivity contribution in [1.82, 2.24) is 9.38 Å². The number of fused-ring (bicyclic) bond motifs is 1. The first-order valence-corrected chi connectivity index (χ1v) is 10.6. The summed E-state index contributed by atoms with van der Waals surface area (Å²) in [5.74, 6) is -0.0559. The van der Waals surface area contributed by atoms with E-state index in [1.807, 2.05) is 66.7 Å². The molecule has 2 heterocycles. The molecule has 0 amide bonds. The Hall–Kier alpha value is -4.26. The Kier molecular flexibility index (Phi) is 6.59. The summed E-state index contributed by atoms with van der Waals surface area (Å²) in [6.07, 6.45) is 3.18. The number of pyridine rings is 1. The van der Waals surface area contributed by atoms with Crippen LogP contribution in [0.5, 0.6) is 0 Å². The number of carbonyl (C=O) groups is 1. The largest absolute Gasteiger partial charge is 0.467 e. The molecule has 0 fully saturated rings. The molecule has 1 atom stereocenters. The van der Waals surface area contributed by atoms with Gasteiger partial charge in [0.05, 0.1) is 12.8 Å². The van der Waals surface area contributed by atoms with E-state index in [1.54, 1.807) is 30.2 Å². The van der Waals surface area contributed by atoms with Gasteiger partial charge in [-0.05, 0) is 36.8 Å². The summed E-state index contributed by atoms with van der Waals surface area (Å²) in [6, 6.07) is 23.7. The molecular weight excluding hydrogens is 416 g/mol. The average molecular weight is 441 g/mol. The summed E-state index contributed by atoms with van der Waals surface area (Å²) in [7, 11) is 1.35. The van der Waals surface area contributed by atoms with Crippen LogP contribution in [0.15, 0.2) is 94.8 Å². The highest BCUT2D eigenvalue weighted by molar-refractivity contribution is 5.90. The van der Waals surface area contributed by atoms with Crippen LogP contribution in [-0.4, -0.2) is 34.7 Å². The van der Waals surface area contributed by atoms with Gasteiger partial charge in [-0.15, -0.1) is 0 Å². The molecule has 4 aromatic rings. The van der Waals surface area contributed by atoms with Crippen LogP contribution in [0.3, 0.4) is 0 Å². The highest BCUT2D eigenvalue weighted by Gasteiger charge is 2.27. The maximum Gasteiger partial charge on any atom is 0.328 e. The molecule has 0 aliphatic rings. The van der Waals surface area contributed by atoms with Gasteiger partial charge in [-0.1, -0.05) is 54.6 Å². The summed E-state index contributed by atoms with van der Waals surface area (Å²) in [5.41, 5.74) is 2.16. The molecule has 0 bridgehead atoms. The monoisotopic (exact) mass is 440 g/mol. The van der Waals surface area contributed by atoms with E-state index in [1.165, 1.54) is 17.7 Å². The molecule has 7 heteroatoms. The zero-order chi connectivity index (χ0) is 23.2. The van der Waals surface area contributed by atoms with Gasteiger partial charge in [0, 0.05) is 19.0 Å². The molecule has 0 radical (unpaired) electrons. The number of aromatic nitrogens is 2. The molecular formula is C26H24N4O3. The number of anilines is 1. The fourth-order valence-electron chi connectivity index (χ4n) is 3.55. The SMILES string of the molecule is COC(=O)[C@@H](C)N(Cc1ccccc1)c1nc2ccccn2c(=O)c1C=Nc1ccccc1. The Morgan fingerprint density at radius 1 is 1.06 bits per heavy atom. The quantitative estimate of drug-likeness (QED) is 0.321. The van der Waals surface area contributed by atoms with E-state index >= 15 is 0 Å². The summed E-state index contributed by atoms with van der Waals surface area (Å²) in [6.45, 7) is 2.10. The van der Waals surface area contributed by atoms with Crippen molar-refractivity contribution in [2.75, 3.05) is 12.0 Å². The second-order valence-corrected chi connectivity index (χ2v) is 7.49. The Bertz CT molecular complexity index is 1330. The van der Waals surface area contributed by atoms with E-state index in [0.29, 0.717) is 23.7 Å². The number of carbonyl (C=O) groups excluding carboxylic acids is 1. The fourth-order valence-corrected chi connectivity index (χ4v) is 3.55. The predicted octanol–water partition coefficient (Wildman–Crippen LogP) is 4.01. The van der Waals surface area contributed by atoms with Gasteiger partial charge < -0.3 is 9.64 Å². The number of nitrogens with zero attached hydrogens (tertiary/aromatic N) is 4. The van der Waals surface area contributed by atoms with Crippen molar-refractivity contribution < 1.29 is 9.53 Å². The molecule has 0 unspecified atom stereocenters. The topological polar surface area (TPSA) is 76.3 Å². The lowest BCUT2D eigenvalue weighted by Crippen LogP contribution is -2.41. The third-order valence-electron chi connectivity index (χ3n) is 5.33. The van der Waals surface area contributed by atoms with Gasteiger partial charge in [-0.25, -0.2) is 9.78 Å². The highest BCUT2D eigenvalue weighted by Crippen LogP contribution is 2.22. The normalized spacial score (nSPS) is 12.1. The molecule has 0 saturated carbocycles. The second-order valence-electron chi connectivity index (χ2n) is 7.49. The standard InChI is InChI=1S/C26H24N4O3/c1-19(26(32)33-2)30(18-20-11-5-3-6-12-20)24-22(17-27-21-13-7-4-8-14-21)25(31)29-16-10-9-15-23(29)28-24/h3-17,19H,18H2,1-2H3/t19-/m1/s1. The fraction of sp³-hybridized carbons (Fsp3) is 0.154.